The third kappa shape index (κ3) is 4.74. The van der Waals surface area contributed by atoms with E-state index in [-0.39, 0.29) is 10.9 Å². The Bertz CT molecular complexity index is 1160. The molecule has 6 nitrogen and oxygen atoms in total. The summed E-state index contributed by atoms with van der Waals surface area (Å²) < 4.78 is 28.1. The number of sulfonamides is 1. The van der Waals surface area contributed by atoms with Gasteiger partial charge in [0.25, 0.3) is 0 Å². The van der Waals surface area contributed by atoms with Crippen LogP contribution in [0.15, 0.2) is 77.8 Å². The topological polar surface area (TPSA) is 86.1 Å². The molecule has 1 aromatic heterocycles. The predicted octanol–water partition coefficient (Wildman–Crippen LogP) is 3.17. The minimum Gasteiger partial charge on any atom is -0.297 e. The molecule has 0 saturated carbocycles. The maximum absolute atomic E-state index is 12.6. The van der Waals surface area contributed by atoms with Gasteiger partial charge in [-0.1, -0.05) is 36.4 Å². The van der Waals surface area contributed by atoms with E-state index in [9.17, 15) is 8.42 Å². The molecule has 0 radical (unpaired) electrons. The Morgan fingerprint density at radius 1 is 1.10 bits per heavy atom. The lowest BCUT2D eigenvalue weighted by Crippen LogP contribution is -2.37. The number of aromatic nitrogens is 1. The van der Waals surface area contributed by atoms with E-state index in [1.165, 1.54) is 17.7 Å². The Hall–Kier alpha value is -3.05. The number of nitrogens with one attached hydrogen (secondary N) is 1. The number of pyridine rings is 1. The van der Waals surface area contributed by atoms with E-state index in [1.807, 2.05) is 24.3 Å². The molecule has 1 aliphatic rings. The highest BCUT2D eigenvalue weighted by Gasteiger charge is 2.27. The van der Waals surface area contributed by atoms with Crippen molar-refractivity contribution in [2.24, 2.45) is 0 Å². The minimum absolute atomic E-state index is 0.130. The number of nitrogens with zero attached hydrogens (tertiary/aromatic N) is 3. The maximum Gasteiger partial charge on any atom is 0.240 e. The first-order valence-electron chi connectivity index (χ1n) is 9.79. The molecule has 0 bridgehead atoms. The fourth-order valence-corrected chi connectivity index (χ4v) is 4.97. The van der Waals surface area contributed by atoms with Crippen LogP contribution >= 0.6 is 0 Å². The lowest BCUT2D eigenvalue weighted by Gasteiger charge is -2.17. The van der Waals surface area contributed by atoms with Crippen molar-refractivity contribution in [2.45, 2.75) is 23.9 Å². The molecule has 0 spiro atoms. The van der Waals surface area contributed by atoms with Crippen LogP contribution in [0.3, 0.4) is 0 Å². The van der Waals surface area contributed by atoms with Gasteiger partial charge in [0.15, 0.2) is 0 Å². The van der Waals surface area contributed by atoms with Crippen molar-refractivity contribution in [2.75, 3.05) is 13.1 Å². The summed E-state index contributed by atoms with van der Waals surface area (Å²) in [4.78, 5) is 6.74. The van der Waals surface area contributed by atoms with Crippen LogP contribution in [0.5, 0.6) is 0 Å². The van der Waals surface area contributed by atoms with Gasteiger partial charge in [-0.3, -0.25) is 9.88 Å². The second kappa shape index (κ2) is 8.76. The normalized spacial score (nSPS) is 17.0. The Balaban J connectivity index is 1.36. The van der Waals surface area contributed by atoms with Crippen molar-refractivity contribution in [3.63, 3.8) is 0 Å². The van der Waals surface area contributed by atoms with Crippen molar-refractivity contribution in [1.29, 1.82) is 5.26 Å². The molecule has 1 N–H and O–H groups in total. The largest absolute Gasteiger partial charge is 0.297 e. The number of hydrogen-bond acceptors (Lipinski definition) is 5. The molecular weight excluding hydrogens is 396 g/mol. The van der Waals surface area contributed by atoms with Crippen molar-refractivity contribution in [1.82, 2.24) is 14.6 Å². The Morgan fingerprint density at radius 3 is 2.67 bits per heavy atom. The molecule has 1 saturated heterocycles. The molecule has 1 fully saturated rings. The summed E-state index contributed by atoms with van der Waals surface area (Å²) in [5, 5.41) is 8.99. The van der Waals surface area contributed by atoms with Crippen molar-refractivity contribution in [3.05, 3.63) is 84.1 Å². The van der Waals surface area contributed by atoms with Crippen LogP contribution in [0.4, 0.5) is 0 Å². The second-order valence-corrected chi connectivity index (χ2v) is 9.11. The van der Waals surface area contributed by atoms with Crippen LogP contribution in [0.25, 0.3) is 11.3 Å². The number of likely N-dealkylation sites (tertiary alicyclic amines) is 1. The molecule has 152 valence electrons. The van der Waals surface area contributed by atoms with Gasteiger partial charge in [-0.25, -0.2) is 13.1 Å². The summed E-state index contributed by atoms with van der Waals surface area (Å²) in [6, 6.07) is 22.1. The fourth-order valence-electron chi connectivity index (χ4n) is 3.67. The van der Waals surface area contributed by atoms with Gasteiger partial charge in [0.2, 0.25) is 10.0 Å². The zero-order valence-corrected chi connectivity index (χ0v) is 17.2. The summed E-state index contributed by atoms with van der Waals surface area (Å²) in [5.74, 6) is 0. The summed E-state index contributed by atoms with van der Waals surface area (Å²) in [7, 11) is -3.64. The molecule has 30 heavy (non-hydrogen) atoms. The maximum atomic E-state index is 12.6. The quantitative estimate of drug-likeness (QED) is 0.664. The molecule has 2 aromatic carbocycles. The third-order valence-electron chi connectivity index (χ3n) is 5.19. The van der Waals surface area contributed by atoms with E-state index in [0.717, 1.165) is 30.8 Å². The van der Waals surface area contributed by atoms with Crippen LogP contribution in [0, 0.1) is 11.3 Å². The van der Waals surface area contributed by atoms with Gasteiger partial charge in [-0.05, 0) is 42.3 Å². The molecule has 7 heteroatoms. The van der Waals surface area contributed by atoms with E-state index in [0.29, 0.717) is 12.1 Å². The van der Waals surface area contributed by atoms with Crippen molar-refractivity contribution in [3.8, 4) is 17.3 Å². The van der Waals surface area contributed by atoms with Crippen LogP contribution < -0.4 is 4.72 Å². The summed E-state index contributed by atoms with van der Waals surface area (Å²) in [6.45, 7) is 2.25. The fraction of sp³-hybridized carbons (Fsp3) is 0.217. The van der Waals surface area contributed by atoms with Crippen LogP contribution in [-0.4, -0.2) is 37.4 Å². The predicted molar refractivity (Wildman–Crippen MR) is 115 cm³/mol. The zero-order valence-electron chi connectivity index (χ0n) is 16.4. The van der Waals surface area contributed by atoms with Gasteiger partial charge in [-0.15, -0.1) is 0 Å². The van der Waals surface area contributed by atoms with E-state index in [2.05, 4.69) is 38.9 Å². The van der Waals surface area contributed by atoms with E-state index < -0.39 is 10.0 Å². The first-order valence-corrected chi connectivity index (χ1v) is 11.3. The molecule has 4 rings (SSSR count). The van der Waals surface area contributed by atoms with Gasteiger partial charge >= 0.3 is 0 Å². The standard InChI is InChI=1S/C23H22N4O2S/c24-15-19-4-3-5-22(14-19)30(28,29)26-21-11-13-27(17-21)16-18-7-9-20(10-8-18)23-6-1-2-12-25-23/h1-10,12,14,21,26H,11,13,16-17H2/t21-/m1/s1. The van der Waals surface area contributed by atoms with Gasteiger partial charge in [0.1, 0.15) is 0 Å². The van der Waals surface area contributed by atoms with Crippen molar-refractivity contribution < 1.29 is 8.42 Å². The number of hydrogen-bond donors (Lipinski definition) is 1. The molecular formula is C23H22N4O2S. The van der Waals surface area contributed by atoms with Gasteiger partial charge in [0.05, 0.1) is 22.2 Å². The SMILES string of the molecule is N#Cc1cccc(S(=O)(=O)N[C@@H]2CCN(Cc3ccc(-c4ccccn4)cc3)C2)c1. The van der Waals surface area contributed by atoms with Gasteiger partial charge in [-0.2, -0.15) is 5.26 Å². The van der Waals surface area contributed by atoms with Gasteiger partial charge < -0.3 is 0 Å². The minimum atomic E-state index is -3.64. The Labute approximate surface area is 176 Å². The summed E-state index contributed by atoms with van der Waals surface area (Å²) in [5.41, 5.74) is 3.53. The number of rotatable bonds is 6. The highest BCUT2D eigenvalue weighted by molar-refractivity contribution is 7.89. The Morgan fingerprint density at radius 2 is 1.93 bits per heavy atom. The Kier molecular flexibility index (Phi) is 5.91. The summed E-state index contributed by atoms with van der Waals surface area (Å²) >= 11 is 0. The number of nitriles is 1. The molecule has 0 amide bonds. The highest BCUT2D eigenvalue weighted by atomic mass is 32.2. The average Bonchev–Trinajstić information content (AvgIpc) is 3.21. The summed E-state index contributed by atoms with van der Waals surface area (Å²) in [6.07, 6.45) is 2.54. The first kappa shape index (κ1) is 20.2. The molecule has 0 unspecified atom stereocenters. The van der Waals surface area contributed by atoms with Crippen LogP contribution in [0.1, 0.15) is 17.5 Å². The molecule has 1 aliphatic heterocycles. The highest BCUT2D eigenvalue weighted by Crippen LogP contribution is 2.20. The van der Waals surface area contributed by atoms with Crippen LogP contribution in [-0.2, 0) is 16.6 Å². The molecule has 1 atom stereocenters. The monoisotopic (exact) mass is 418 g/mol. The molecule has 2 heterocycles. The zero-order chi connectivity index (χ0) is 21.0. The lowest BCUT2D eigenvalue weighted by atomic mass is 10.1. The van der Waals surface area contributed by atoms with Gasteiger partial charge in [0, 0.05) is 37.4 Å². The average molecular weight is 419 g/mol. The van der Waals surface area contributed by atoms with E-state index >= 15 is 0 Å². The van der Waals surface area contributed by atoms with E-state index in [1.54, 1.807) is 18.3 Å². The lowest BCUT2D eigenvalue weighted by molar-refractivity contribution is 0.324. The molecule has 0 aliphatic carbocycles. The first-order chi connectivity index (χ1) is 14.5. The smallest absolute Gasteiger partial charge is 0.240 e. The van der Waals surface area contributed by atoms with Crippen LogP contribution in [0.2, 0.25) is 0 Å². The third-order valence-corrected chi connectivity index (χ3v) is 6.71. The van der Waals surface area contributed by atoms with E-state index in [4.69, 9.17) is 5.26 Å². The molecule has 3 aromatic rings. The van der Waals surface area contributed by atoms with Crippen molar-refractivity contribution >= 4 is 10.0 Å². The number of benzene rings is 2. The second-order valence-electron chi connectivity index (χ2n) is 7.39.